The van der Waals surface area contributed by atoms with Crippen molar-refractivity contribution in [1.29, 1.82) is 0 Å². The van der Waals surface area contributed by atoms with Gasteiger partial charge in [-0.1, -0.05) is 26.0 Å². The minimum Gasteiger partial charge on any atom is -0.396 e. The highest BCUT2D eigenvalue weighted by molar-refractivity contribution is 5.42. The molecule has 0 saturated heterocycles. The Kier molecular flexibility index (Phi) is 5.36. The molecule has 1 aromatic rings. The number of rotatable bonds is 6. The van der Waals surface area contributed by atoms with Crippen molar-refractivity contribution < 1.29 is 5.11 Å². The third-order valence-corrected chi connectivity index (χ3v) is 3.87. The zero-order valence-corrected chi connectivity index (χ0v) is 12.4. The predicted octanol–water partition coefficient (Wildman–Crippen LogP) is 2.86. The van der Waals surface area contributed by atoms with Gasteiger partial charge in [0.1, 0.15) is 0 Å². The van der Waals surface area contributed by atoms with E-state index in [1.54, 1.807) is 0 Å². The van der Waals surface area contributed by atoms with Crippen LogP contribution in [0, 0.1) is 20.8 Å². The zero-order chi connectivity index (χ0) is 13.8. The van der Waals surface area contributed by atoms with Gasteiger partial charge in [-0.25, -0.2) is 0 Å². The van der Waals surface area contributed by atoms with E-state index in [0.717, 1.165) is 19.5 Å². The standard InChI is InChI=1S/C16H27NO/c1-12-7-8-15(14(3)13(12)2)16(4,5)11-17-9-6-10-18/h7-8,17-18H,6,9-11H2,1-5H3. The van der Waals surface area contributed by atoms with Gasteiger partial charge in [0, 0.05) is 18.6 Å². The molecule has 2 heteroatoms. The van der Waals surface area contributed by atoms with Crippen LogP contribution in [0.2, 0.25) is 0 Å². The molecule has 0 atom stereocenters. The summed E-state index contributed by atoms with van der Waals surface area (Å²) >= 11 is 0. The molecule has 0 heterocycles. The Morgan fingerprint density at radius 3 is 2.39 bits per heavy atom. The maximum Gasteiger partial charge on any atom is 0.0443 e. The van der Waals surface area contributed by atoms with Gasteiger partial charge in [-0.2, -0.15) is 0 Å². The van der Waals surface area contributed by atoms with Crippen molar-refractivity contribution >= 4 is 0 Å². The average Bonchev–Trinajstić information content (AvgIpc) is 2.31. The first-order valence-electron chi connectivity index (χ1n) is 6.79. The molecule has 0 aliphatic carbocycles. The lowest BCUT2D eigenvalue weighted by atomic mass is 9.80. The highest BCUT2D eigenvalue weighted by atomic mass is 16.3. The second-order valence-corrected chi connectivity index (χ2v) is 5.82. The summed E-state index contributed by atoms with van der Waals surface area (Å²) in [7, 11) is 0. The molecule has 1 aromatic carbocycles. The quantitative estimate of drug-likeness (QED) is 0.760. The van der Waals surface area contributed by atoms with E-state index in [4.69, 9.17) is 5.11 Å². The van der Waals surface area contributed by atoms with Crippen LogP contribution in [0.4, 0.5) is 0 Å². The lowest BCUT2D eigenvalue weighted by Crippen LogP contribution is -2.34. The number of aryl methyl sites for hydroxylation is 1. The number of benzene rings is 1. The summed E-state index contributed by atoms with van der Waals surface area (Å²) in [5.74, 6) is 0. The van der Waals surface area contributed by atoms with E-state index < -0.39 is 0 Å². The Morgan fingerprint density at radius 1 is 1.11 bits per heavy atom. The lowest BCUT2D eigenvalue weighted by Gasteiger charge is -2.29. The maximum atomic E-state index is 8.78. The molecule has 0 aliphatic heterocycles. The topological polar surface area (TPSA) is 32.3 Å². The van der Waals surface area contributed by atoms with E-state index in [-0.39, 0.29) is 12.0 Å². The summed E-state index contributed by atoms with van der Waals surface area (Å²) in [6.45, 7) is 13.2. The first-order valence-corrected chi connectivity index (χ1v) is 6.79. The summed E-state index contributed by atoms with van der Waals surface area (Å²) in [6, 6.07) is 4.47. The van der Waals surface area contributed by atoms with Crippen molar-refractivity contribution in [2.75, 3.05) is 19.7 Å². The average molecular weight is 249 g/mol. The first kappa shape index (κ1) is 15.2. The van der Waals surface area contributed by atoms with Crippen LogP contribution >= 0.6 is 0 Å². The van der Waals surface area contributed by atoms with Gasteiger partial charge in [-0.05, 0) is 56.0 Å². The highest BCUT2D eigenvalue weighted by Gasteiger charge is 2.22. The first-order chi connectivity index (χ1) is 8.40. The minimum absolute atomic E-state index is 0.123. The molecule has 0 aromatic heterocycles. The monoisotopic (exact) mass is 249 g/mol. The number of nitrogens with one attached hydrogen (secondary N) is 1. The van der Waals surface area contributed by atoms with Crippen LogP contribution in [0.25, 0.3) is 0 Å². The molecule has 0 bridgehead atoms. The predicted molar refractivity (Wildman–Crippen MR) is 78.3 cm³/mol. The van der Waals surface area contributed by atoms with Gasteiger partial charge in [0.2, 0.25) is 0 Å². The fourth-order valence-electron chi connectivity index (χ4n) is 2.39. The Morgan fingerprint density at radius 2 is 1.78 bits per heavy atom. The Hall–Kier alpha value is -0.860. The van der Waals surface area contributed by atoms with Crippen LogP contribution in [0.15, 0.2) is 12.1 Å². The third-order valence-electron chi connectivity index (χ3n) is 3.87. The highest BCUT2D eigenvalue weighted by Crippen LogP contribution is 2.28. The van der Waals surface area contributed by atoms with Gasteiger partial charge in [-0.15, -0.1) is 0 Å². The van der Waals surface area contributed by atoms with E-state index >= 15 is 0 Å². The number of aliphatic hydroxyl groups excluding tert-OH is 1. The molecular weight excluding hydrogens is 222 g/mol. The molecule has 0 fully saturated rings. The van der Waals surface area contributed by atoms with Crippen LogP contribution in [0.5, 0.6) is 0 Å². The van der Waals surface area contributed by atoms with E-state index in [1.165, 1.54) is 22.3 Å². The number of aliphatic hydroxyl groups is 1. The van der Waals surface area contributed by atoms with Crippen LogP contribution in [-0.4, -0.2) is 24.8 Å². The van der Waals surface area contributed by atoms with E-state index in [0.29, 0.717) is 0 Å². The van der Waals surface area contributed by atoms with Crippen molar-refractivity contribution in [1.82, 2.24) is 5.32 Å². The zero-order valence-electron chi connectivity index (χ0n) is 12.4. The van der Waals surface area contributed by atoms with Crippen molar-refractivity contribution in [2.45, 2.75) is 46.5 Å². The molecule has 2 nitrogen and oxygen atoms in total. The number of hydrogen-bond donors (Lipinski definition) is 2. The Balaban J connectivity index is 2.81. The normalized spacial score (nSPS) is 11.9. The summed E-state index contributed by atoms with van der Waals surface area (Å²) in [4.78, 5) is 0. The van der Waals surface area contributed by atoms with Gasteiger partial charge in [0.25, 0.3) is 0 Å². The molecule has 1 rings (SSSR count). The minimum atomic E-state index is 0.123. The molecule has 0 unspecified atom stereocenters. The fourth-order valence-corrected chi connectivity index (χ4v) is 2.39. The van der Waals surface area contributed by atoms with Gasteiger partial charge in [-0.3, -0.25) is 0 Å². The van der Waals surface area contributed by atoms with Crippen molar-refractivity contribution in [3.8, 4) is 0 Å². The van der Waals surface area contributed by atoms with Crippen LogP contribution in [0.1, 0.15) is 42.5 Å². The molecule has 2 N–H and O–H groups in total. The summed E-state index contributed by atoms with van der Waals surface area (Å²) in [5, 5.41) is 12.2. The maximum absolute atomic E-state index is 8.78. The molecule has 0 aliphatic rings. The molecule has 102 valence electrons. The van der Waals surface area contributed by atoms with Crippen molar-refractivity contribution in [3.63, 3.8) is 0 Å². The summed E-state index contributed by atoms with van der Waals surface area (Å²) in [6.07, 6.45) is 0.821. The molecule has 0 saturated carbocycles. The van der Waals surface area contributed by atoms with Crippen molar-refractivity contribution in [3.05, 3.63) is 34.4 Å². The van der Waals surface area contributed by atoms with Crippen LogP contribution in [0.3, 0.4) is 0 Å². The van der Waals surface area contributed by atoms with E-state index in [9.17, 15) is 0 Å². The number of hydrogen-bond acceptors (Lipinski definition) is 2. The lowest BCUT2D eigenvalue weighted by molar-refractivity contribution is 0.284. The Labute approximate surface area is 111 Å². The molecule has 0 amide bonds. The Bertz CT molecular complexity index is 396. The van der Waals surface area contributed by atoms with Crippen molar-refractivity contribution in [2.24, 2.45) is 0 Å². The molecule has 0 radical (unpaired) electrons. The second-order valence-electron chi connectivity index (χ2n) is 5.82. The van der Waals surface area contributed by atoms with Gasteiger partial charge >= 0.3 is 0 Å². The van der Waals surface area contributed by atoms with E-state index in [2.05, 4.69) is 52.1 Å². The molecular formula is C16H27NO. The van der Waals surface area contributed by atoms with E-state index in [1.807, 2.05) is 0 Å². The largest absolute Gasteiger partial charge is 0.396 e. The van der Waals surface area contributed by atoms with Gasteiger partial charge in [0.15, 0.2) is 0 Å². The van der Waals surface area contributed by atoms with Crippen LogP contribution in [-0.2, 0) is 5.41 Å². The SMILES string of the molecule is Cc1ccc(C(C)(C)CNCCCO)c(C)c1C. The summed E-state index contributed by atoms with van der Waals surface area (Å²) in [5.41, 5.74) is 5.71. The summed E-state index contributed by atoms with van der Waals surface area (Å²) < 4.78 is 0. The van der Waals surface area contributed by atoms with Gasteiger partial charge < -0.3 is 10.4 Å². The molecule has 18 heavy (non-hydrogen) atoms. The smallest absolute Gasteiger partial charge is 0.0443 e. The molecule has 0 spiro atoms. The fraction of sp³-hybridized carbons (Fsp3) is 0.625. The van der Waals surface area contributed by atoms with Crippen LogP contribution < -0.4 is 5.32 Å². The second kappa shape index (κ2) is 6.35. The third kappa shape index (κ3) is 3.56. The van der Waals surface area contributed by atoms with Gasteiger partial charge in [0.05, 0.1) is 0 Å².